The molecule has 2 aromatic rings. The minimum absolute atomic E-state index is 0.0300. The molecule has 0 saturated carbocycles. The molecule has 1 aromatic heterocycles. The molecular weight excluding hydrogens is 274 g/mol. The summed E-state index contributed by atoms with van der Waals surface area (Å²) in [7, 11) is 0. The third-order valence-electron chi connectivity index (χ3n) is 4.08. The van der Waals surface area contributed by atoms with E-state index in [-0.39, 0.29) is 5.91 Å². The first-order valence-electron chi connectivity index (χ1n) is 7.78. The normalized spacial score (nSPS) is 14.1. The van der Waals surface area contributed by atoms with Gasteiger partial charge in [0.05, 0.1) is 0 Å². The summed E-state index contributed by atoms with van der Waals surface area (Å²) in [5, 5.41) is 2.99. The first kappa shape index (κ1) is 14.6. The van der Waals surface area contributed by atoms with Crippen molar-refractivity contribution < 1.29 is 4.79 Å². The van der Waals surface area contributed by atoms with Crippen molar-refractivity contribution in [2.75, 3.05) is 18.0 Å². The largest absolute Gasteiger partial charge is 0.357 e. The number of amides is 1. The van der Waals surface area contributed by atoms with Crippen LogP contribution in [0, 0.1) is 6.92 Å². The minimum Gasteiger partial charge on any atom is -0.357 e. The summed E-state index contributed by atoms with van der Waals surface area (Å²) in [4.78, 5) is 19.0. The summed E-state index contributed by atoms with van der Waals surface area (Å²) >= 11 is 0. The van der Waals surface area contributed by atoms with Crippen molar-refractivity contribution in [1.82, 2.24) is 10.3 Å². The molecule has 1 aliphatic heterocycles. The van der Waals surface area contributed by atoms with Gasteiger partial charge in [0.2, 0.25) is 0 Å². The SMILES string of the molecule is Cc1ccccc1C(=O)NCc1ccnc(N2CCCC2)c1. The van der Waals surface area contributed by atoms with Crippen molar-refractivity contribution in [3.8, 4) is 0 Å². The molecule has 0 unspecified atom stereocenters. The highest BCUT2D eigenvalue weighted by Crippen LogP contribution is 2.18. The number of hydrogen-bond acceptors (Lipinski definition) is 3. The first-order valence-corrected chi connectivity index (χ1v) is 7.78. The predicted octanol–water partition coefficient (Wildman–Crippen LogP) is 2.92. The molecule has 0 radical (unpaired) electrons. The van der Waals surface area contributed by atoms with E-state index in [1.165, 1.54) is 12.8 Å². The average molecular weight is 295 g/mol. The number of benzene rings is 1. The lowest BCUT2D eigenvalue weighted by Crippen LogP contribution is -2.24. The molecule has 0 spiro atoms. The maximum atomic E-state index is 12.2. The van der Waals surface area contributed by atoms with Gasteiger partial charge in [-0.3, -0.25) is 4.79 Å². The van der Waals surface area contributed by atoms with E-state index in [0.717, 1.165) is 35.6 Å². The number of rotatable bonds is 4. The van der Waals surface area contributed by atoms with Gasteiger partial charge in [-0.1, -0.05) is 18.2 Å². The van der Waals surface area contributed by atoms with E-state index in [2.05, 4.69) is 21.3 Å². The first-order chi connectivity index (χ1) is 10.7. The van der Waals surface area contributed by atoms with Crippen molar-refractivity contribution in [2.24, 2.45) is 0 Å². The summed E-state index contributed by atoms with van der Waals surface area (Å²) in [6.07, 6.45) is 4.29. The summed E-state index contributed by atoms with van der Waals surface area (Å²) in [6.45, 7) is 4.63. The van der Waals surface area contributed by atoms with E-state index in [1.807, 2.05) is 43.5 Å². The van der Waals surface area contributed by atoms with Gasteiger partial charge in [0, 0.05) is 31.4 Å². The van der Waals surface area contributed by atoms with Crippen molar-refractivity contribution in [1.29, 1.82) is 0 Å². The molecule has 0 atom stereocenters. The Hall–Kier alpha value is -2.36. The number of hydrogen-bond donors (Lipinski definition) is 1. The Labute approximate surface area is 131 Å². The zero-order valence-corrected chi connectivity index (χ0v) is 12.9. The molecule has 0 aliphatic carbocycles. The lowest BCUT2D eigenvalue weighted by atomic mass is 10.1. The van der Waals surface area contributed by atoms with Gasteiger partial charge in [0.1, 0.15) is 5.82 Å². The van der Waals surface area contributed by atoms with E-state index in [4.69, 9.17) is 0 Å². The maximum absolute atomic E-state index is 12.2. The van der Waals surface area contributed by atoms with Crippen LogP contribution in [0.2, 0.25) is 0 Å². The topological polar surface area (TPSA) is 45.2 Å². The molecule has 1 amide bonds. The van der Waals surface area contributed by atoms with Crippen LogP contribution in [0.1, 0.15) is 34.3 Å². The minimum atomic E-state index is -0.0300. The molecule has 1 fully saturated rings. The fourth-order valence-corrected chi connectivity index (χ4v) is 2.79. The lowest BCUT2D eigenvalue weighted by Gasteiger charge is -2.17. The molecule has 3 rings (SSSR count). The molecule has 22 heavy (non-hydrogen) atoms. The summed E-state index contributed by atoms with van der Waals surface area (Å²) in [5.41, 5.74) is 2.81. The van der Waals surface area contributed by atoms with Gasteiger partial charge in [-0.15, -0.1) is 0 Å². The van der Waals surface area contributed by atoms with Crippen LogP contribution in [0.3, 0.4) is 0 Å². The van der Waals surface area contributed by atoms with Gasteiger partial charge in [0.25, 0.3) is 5.91 Å². The molecule has 1 N–H and O–H groups in total. The van der Waals surface area contributed by atoms with E-state index in [0.29, 0.717) is 6.54 Å². The Balaban J connectivity index is 1.65. The Morgan fingerprint density at radius 1 is 1.23 bits per heavy atom. The number of nitrogens with zero attached hydrogens (tertiary/aromatic N) is 2. The van der Waals surface area contributed by atoms with Crippen LogP contribution in [0.5, 0.6) is 0 Å². The average Bonchev–Trinajstić information content (AvgIpc) is 3.08. The second-order valence-electron chi connectivity index (χ2n) is 5.71. The van der Waals surface area contributed by atoms with Gasteiger partial charge in [0.15, 0.2) is 0 Å². The molecule has 114 valence electrons. The highest BCUT2D eigenvalue weighted by atomic mass is 16.1. The molecular formula is C18H21N3O. The van der Waals surface area contributed by atoms with Crippen LogP contribution >= 0.6 is 0 Å². The highest BCUT2D eigenvalue weighted by Gasteiger charge is 2.14. The zero-order valence-electron chi connectivity index (χ0n) is 12.9. The number of anilines is 1. The van der Waals surface area contributed by atoms with Crippen LogP contribution in [0.15, 0.2) is 42.6 Å². The Morgan fingerprint density at radius 3 is 2.77 bits per heavy atom. The molecule has 1 saturated heterocycles. The molecule has 1 aromatic carbocycles. The fraction of sp³-hybridized carbons (Fsp3) is 0.333. The van der Waals surface area contributed by atoms with E-state index in [1.54, 1.807) is 0 Å². The van der Waals surface area contributed by atoms with Gasteiger partial charge >= 0.3 is 0 Å². The zero-order chi connectivity index (χ0) is 15.4. The van der Waals surface area contributed by atoms with Crippen molar-refractivity contribution in [2.45, 2.75) is 26.3 Å². The number of pyridine rings is 1. The molecule has 4 heteroatoms. The second kappa shape index (κ2) is 6.60. The second-order valence-corrected chi connectivity index (χ2v) is 5.71. The number of aryl methyl sites for hydroxylation is 1. The van der Waals surface area contributed by atoms with Crippen LogP contribution in [0.25, 0.3) is 0 Å². The van der Waals surface area contributed by atoms with Crippen LogP contribution in [-0.4, -0.2) is 24.0 Å². The van der Waals surface area contributed by atoms with E-state index >= 15 is 0 Å². The van der Waals surface area contributed by atoms with Gasteiger partial charge in [-0.05, 0) is 49.1 Å². The summed E-state index contributed by atoms with van der Waals surface area (Å²) in [6, 6.07) is 11.7. The number of nitrogens with one attached hydrogen (secondary N) is 1. The Bertz CT molecular complexity index is 663. The Kier molecular flexibility index (Phi) is 4.37. The smallest absolute Gasteiger partial charge is 0.251 e. The number of carbonyl (C=O) groups excluding carboxylic acids is 1. The molecule has 2 heterocycles. The lowest BCUT2D eigenvalue weighted by molar-refractivity contribution is 0.0950. The number of carbonyl (C=O) groups is 1. The predicted molar refractivity (Wildman–Crippen MR) is 88.0 cm³/mol. The van der Waals surface area contributed by atoms with Gasteiger partial charge < -0.3 is 10.2 Å². The van der Waals surface area contributed by atoms with Crippen molar-refractivity contribution >= 4 is 11.7 Å². The third-order valence-corrected chi connectivity index (χ3v) is 4.08. The number of aromatic nitrogens is 1. The van der Waals surface area contributed by atoms with E-state index in [9.17, 15) is 4.79 Å². The Morgan fingerprint density at radius 2 is 2.00 bits per heavy atom. The van der Waals surface area contributed by atoms with Gasteiger partial charge in [-0.2, -0.15) is 0 Å². The molecule has 1 aliphatic rings. The van der Waals surface area contributed by atoms with Crippen LogP contribution in [0.4, 0.5) is 5.82 Å². The molecule has 4 nitrogen and oxygen atoms in total. The standard InChI is InChI=1S/C18H21N3O/c1-14-6-2-3-7-16(14)18(22)20-13-15-8-9-19-17(12-15)21-10-4-5-11-21/h2-3,6-9,12H,4-5,10-11,13H2,1H3,(H,20,22). The summed E-state index contributed by atoms with van der Waals surface area (Å²) in [5.74, 6) is 0.984. The van der Waals surface area contributed by atoms with Crippen molar-refractivity contribution in [3.05, 3.63) is 59.3 Å². The van der Waals surface area contributed by atoms with E-state index < -0.39 is 0 Å². The van der Waals surface area contributed by atoms with Crippen molar-refractivity contribution in [3.63, 3.8) is 0 Å². The van der Waals surface area contributed by atoms with Crippen LogP contribution in [-0.2, 0) is 6.54 Å². The highest BCUT2D eigenvalue weighted by molar-refractivity contribution is 5.95. The monoisotopic (exact) mass is 295 g/mol. The fourth-order valence-electron chi connectivity index (χ4n) is 2.79. The van der Waals surface area contributed by atoms with Gasteiger partial charge in [-0.25, -0.2) is 4.98 Å². The third kappa shape index (κ3) is 3.27. The summed E-state index contributed by atoms with van der Waals surface area (Å²) < 4.78 is 0. The maximum Gasteiger partial charge on any atom is 0.251 e. The van der Waals surface area contributed by atoms with Crippen LogP contribution < -0.4 is 10.2 Å². The molecule has 0 bridgehead atoms. The quantitative estimate of drug-likeness (QED) is 0.943.